The van der Waals surface area contributed by atoms with Gasteiger partial charge < -0.3 is 20.5 Å². The number of carbonyl (C=O) groups excluding carboxylic acids is 1. The van der Waals surface area contributed by atoms with E-state index in [2.05, 4.69) is 15.6 Å². The molecule has 1 heterocycles. The summed E-state index contributed by atoms with van der Waals surface area (Å²) in [4.78, 5) is 16.4. The van der Waals surface area contributed by atoms with Gasteiger partial charge in [0.25, 0.3) is 5.91 Å². The molecule has 2 rings (SSSR count). The van der Waals surface area contributed by atoms with Crippen molar-refractivity contribution < 1.29 is 14.6 Å². The number of aromatic nitrogens is 1. The molecule has 0 aliphatic heterocycles. The number of rotatable bonds is 7. The Morgan fingerprint density at radius 1 is 1.30 bits per heavy atom. The Hall–Kier alpha value is -2.60. The number of nitrogens with one attached hydrogen (secondary N) is 2. The zero-order valence-electron chi connectivity index (χ0n) is 13.2. The predicted molar refractivity (Wildman–Crippen MR) is 89.1 cm³/mol. The lowest BCUT2D eigenvalue weighted by Gasteiger charge is -2.12. The van der Waals surface area contributed by atoms with E-state index in [9.17, 15) is 9.90 Å². The highest BCUT2D eigenvalue weighted by molar-refractivity contribution is 5.99. The van der Waals surface area contributed by atoms with Crippen LogP contribution in [-0.2, 0) is 0 Å². The number of amides is 1. The van der Waals surface area contributed by atoms with Gasteiger partial charge in [0.1, 0.15) is 11.6 Å². The largest absolute Gasteiger partial charge is 0.494 e. The molecule has 1 unspecified atom stereocenters. The van der Waals surface area contributed by atoms with Crippen LogP contribution in [0.4, 0.5) is 11.5 Å². The number of hydrogen-bond acceptors (Lipinski definition) is 5. The van der Waals surface area contributed by atoms with E-state index in [-0.39, 0.29) is 12.5 Å². The van der Waals surface area contributed by atoms with Gasteiger partial charge in [-0.25, -0.2) is 4.98 Å². The lowest BCUT2D eigenvalue weighted by atomic mass is 10.2. The number of benzene rings is 1. The molecule has 0 saturated heterocycles. The number of anilines is 2. The summed E-state index contributed by atoms with van der Waals surface area (Å²) in [6, 6.07) is 10.8. The molecule has 23 heavy (non-hydrogen) atoms. The molecule has 3 N–H and O–H groups in total. The standard InChI is InChI=1S/C17H21N3O3/c1-3-23-14-8-6-13(7-9-14)20-16-15(5-4-10-18-16)17(22)19-11-12(2)21/h4-10,12,21H,3,11H2,1-2H3,(H,18,20)(H,19,22). The van der Waals surface area contributed by atoms with Crippen LogP contribution in [0.2, 0.25) is 0 Å². The van der Waals surface area contributed by atoms with Gasteiger partial charge in [-0.1, -0.05) is 0 Å². The lowest BCUT2D eigenvalue weighted by molar-refractivity contribution is 0.0924. The first-order valence-corrected chi connectivity index (χ1v) is 7.51. The summed E-state index contributed by atoms with van der Waals surface area (Å²) in [5.41, 5.74) is 1.22. The van der Waals surface area contributed by atoms with E-state index in [1.165, 1.54) is 0 Å². The van der Waals surface area contributed by atoms with Gasteiger partial charge >= 0.3 is 0 Å². The Morgan fingerprint density at radius 3 is 2.70 bits per heavy atom. The monoisotopic (exact) mass is 315 g/mol. The molecular weight excluding hydrogens is 294 g/mol. The van der Waals surface area contributed by atoms with Gasteiger partial charge in [0.2, 0.25) is 0 Å². The van der Waals surface area contributed by atoms with E-state index in [0.29, 0.717) is 18.0 Å². The minimum absolute atomic E-state index is 0.191. The summed E-state index contributed by atoms with van der Waals surface area (Å²) in [6.07, 6.45) is 1.01. The normalized spacial score (nSPS) is 11.6. The maximum Gasteiger partial charge on any atom is 0.255 e. The lowest BCUT2D eigenvalue weighted by Crippen LogP contribution is -2.31. The number of aliphatic hydroxyl groups is 1. The highest BCUT2D eigenvalue weighted by Gasteiger charge is 2.12. The van der Waals surface area contributed by atoms with Crippen LogP contribution in [0.25, 0.3) is 0 Å². The maximum absolute atomic E-state index is 12.2. The average molecular weight is 315 g/mol. The number of carbonyl (C=O) groups is 1. The van der Waals surface area contributed by atoms with E-state index in [1.54, 1.807) is 25.3 Å². The first-order chi connectivity index (χ1) is 11.1. The van der Waals surface area contributed by atoms with Gasteiger partial charge in [0.05, 0.1) is 18.3 Å². The Kier molecular flexibility index (Phi) is 5.94. The minimum Gasteiger partial charge on any atom is -0.494 e. The zero-order valence-corrected chi connectivity index (χ0v) is 13.2. The molecule has 1 amide bonds. The summed E-state index contributed by atoms with van der Waals surface area (Å²) in [6.45, 7) is 4.34. The summed E-state index contributed by atoms with van der Waals surface area (Å²) in [5, 5.41) is 15.0. The Bertz CT molecular complexity index is 642. The van der Waals surface area contributed by atoms with Gasteiger partial charge in [-0.05, 0) is 50.2 Å². The van der Waals surface area contributed by atoms with Gasteiger partial charge in [0.15, 0.2) is 0 Å². The van der Waals surface area contributed by atoms with Crippen LogP contribution < -0.4 is 15.4 Å². The second kappa shape index (κ2) is 8.14. The first-order valence-electron chi connectivity index (χ1n) is 7.51. The molecule has 122 valence electrons. The van der Waals surface area contributed by atoms with Crippen molar-refractivity contribution in [3.8, 4) is 5.75 Å². The van der Waals surface area contributed by atoms with E-state index in [0.717, 1.165) is 11.4 Å². The molecule has 1 aromatic heterocycles. The smallest absolute Gasteiger partial charge is 0.255 e. The molecule has 6 nitrogen and oxygen atoms in total. The molecular formula is C17H21N3O3. The molecule has 0 aliphatic rings. The molecule has 2 aromatic rings. The Labute approximate surface area is 135 Å². The molecule has 0 aliphatic carbocycles. The first kappa shape index (κ1) is 16.8. The van der Waals surface area contributed by atoms with Gasteiger partial charge in [0, 0.05) is 18.4 Å². The number of hydrogen-bond donors (Lipinski definition) is 3. The van der Waals surface area contributed by atoms with Crippen molar-refractivity contribution in [3.05, 3.63) is 48.2 Å². The molecule has 0 radical (unpaired) electrons. The molecule has 0 saturated carbocycles. The number of ether oxygens (including phenoxy) is 1. The van der Waals surface area contributed by atoms with Gasteiger partial charge in [-0.3, -0.25) is 4.79 Å². The van der Waals surface area contributed by atoms with Crippen molar-refractivity contribution in [1.82, 2.24) is 10.3 Å². The van der Waals surface area contributed by atoms with Crippen molar-refractivity contribution in [2.75, 3.05) is 18.5 Å². The second-order valence-electron chi connectivity index (χ2n) is 5.04. The van der Waals surface area contributed by atoms with Crippen LogP contribution in [0.1, 0.15) is 24.2 Å². The minimum atomic E-state index is -0.599. The number of aliphatic hydroxyl groups excluding tert-OH is 1. The van der Waals surface area contributed by atoms with Crippen LogP contribution in [0.15, 0.2) is 42.6 Å². The highest BCUT2D eigenvalue weighted by Crippen LogP contribution is 2.21. The third-order valence-electron chi connectivity index (χ3n) is 3.04. The van der Waals surface area contributed by atoms with Crippen molar-refractivity contribution >= 4 is 17.4 Å². The Morgan fingerprint density at radius 2 is 2.04 bits per heavy atom. The molecule has 0 bridgehead atoms. The number of pyridine rings is 1. The van der Waals surface area contributed by atoms with Gasteiger partial charge in [-0.15, -0.1) is 0 Å². The summed E-state index contributed by atoms with van der Waals surface area (Å²) in [7, 11) is 0. The fourth-order valence-corrected chi connectivity index (χ4v) is 1.96. The third-order valence-corrected chi connectivity index (χ3v) is 3.04. The van der Waals surface area contributed by atoms with Gasteiger partial charge in [-0.2, -0.15) is 0 Å². The third kappa shape index (κ3) is 4.96. The molecule has 0 spiro atoms. The van der Waals surface area contributed by atoms with E-state index < -0.39 is 6.10 Å². The van der Waals surface area contributed by atoms with Crippen LogP contribution >= 0.6 is 0 Å². The SMILES string of the molecule is CCOc1ccc(Nc2ncccc2C(=O)NCC(C)O)cc1. The van der Waals surface area contributed by atoms with Crippen molar-refractivity contribution in [3.63, 3.8) is 0 Å². The summed E-state index contributed by atoms with van der Waals surface area (Å²) < 4.78 is 5.40. The van der Waals surface area contributed by atoms with E-state index in [1.807, 2.05) is 31.2 Å². The zero-order chi connectivity index (χ0) is 16.7. The Balaban J connectivity index is 2.12. The highest BCUT2D eigenvalue weighted by atomic mass is 16.5. The maximum atomic E-state index is 12.2. The van der Waals surface area contributed by atoms with Crippen LogP contribution in [0.3, 0.4) is 0 Å². The van der Waals surface area contributed by atoms with Crippen molar-refractivity contribution in [1.29, 1.82) is 0 Å². The van der Waals surface area contributed by atoms with E-state index >= 15 is 0 Å². The van der Waals surface area contributed by atoms with Crippen molar-refractivity contribution in [2.24, 2.45) is 0 Å². The quantitative estimate of drug-likeness (QED) is 0.730. The topological polar surface area (TPSA) is 83.5 Å². The number of nitrogens with zero attached hydrogens (tertiary/aromatic N) is 1. The van der Waals surface area contributed by atoms with Crippen LogP contribution in [-0.4, -0.2) is 35.3 Å². The fraction of sp³-hybridized carbons (Fsp3) is 0.294. The average Bonchev–Trinajstić information content (AvgIpc) is 2.55. The van der Waals surface area contributed by atoms with Crippen molar-refractivity contribution in [2.45, 2.75) is 20.0 Å². The predicted octanol–water partition coefficient (Wildman–Crippen LogP) is 2.33. The van der Waals surface area contributed by atoms with E-state index in [4.69, 9.17) is 4.74 Å². The molecule has 1 atom stereocenters. The summed E-state index contributed by atoms with van der Waals surface area (Å²) >= 11 is 0. The molecule has 1 aromatic carbocycles. The van der Waals surface area contributed by atoms with Crippen LogP contribution in [0.5, 0.6) is 5.75 Å². The molecule has 0 fully saturated rings. The summed E-state index contributed by atoms with van der Waals surface area (Å²) in [5.74, 6) is 0.959. The molecule has 6 heteroatoms. The van der Waals surface area contributed by atoms with Crippen LogP contribution in [0, 0.1) is 0 Å². The second-order valence-corrected chi connectivity index (χ2v) is 5.04. The fourth-order valence-electron chi connectivity index (χ4n) is 1.96.